The molecule has 3 saturated heterocycles. The highest BCUT2D eigenvalue weighted by Gasteiger charge is 2.31. The normalized spacial score (nSPS) is 22.2. The van der Waals surface area contributed by atoms with Crippen LogP contribution in [0.3, 0.4) is 0 Å². The largest absolute Gasteiger partial charge is 0.496 e. The summed E-state index contributed by atoms with van der Waals surface area (Å²) in [5.41, 5.74) is 2.12. The van der Waals surface area contributed by atoms with Gasteiger partial charge in [0.05, 0.1) is 12.7 Å². The molecule has 140 valence electrons. The van der Waals surface area contributed by atoms with Gasteiger partial charge in [0.25, 0.3) is 6.01 Å². The summed E-state index contributed by atoms with van der Waals surface area (Å²) in [6, 6.07) is 7.67. The summed E-state index contributed by atoms with van der Waals surface area (Å²) in [4.78, 5) is 13.8. The molecule has 6 nitrogen and oxygen atoms in total. The van der Waals surface area contributed by atoms with Gasteiger partial charge in [-0.2, -0.15) is 4.98 Å². The molecule has 0 amide bonds. The van der Waals surface area contributed by atoms with Crippen molar-refractivity contribution in [1.29, 1.82) is 0 Å². The zero-order valence-corrected chi connectivity index (χ0v) is 15.2. The fourth-order valence-electron chi connectivity index (χ4n) is 4.16. The van der Waals surface area contributed by atoms with Gasteiger partial charge in [-0.15, -0.1) is 0 Å². The average Bonchev–Trinajstić information content (AvgIpc) is 2.87. The number of pyridine rings is 1. The van der Waals surface area contributed by atoms with E-state index in [1.165, 1.54) is 13.2 Å². The fraction of sp³-hybridized carbons (Fsp3) is 0.400. The molecule has 27 heavy (non-hydrogen) atoms. The summed E-state index contributed by atoms with van der Waals surface area (Å²) in [6.07, 6.45) is 3.87. The van der Waals surface area contributed by atoms with E-state index in [1.807, 2.05) is 6.07 Å². The van der Waals surface area contributed by atoms with Crippen LogP contribution in [-0.4, -0.2) is 54.2 Å². The van der Waals surface area contributed by atoms with Crippen molar-refractivity contribution < 1.29 is 13.5 Å². The maximum atomic E-state index is 14.4. The first-order chi connectivity index (χ1) is 13.2. The van der Waals surface area contributed by atoms with Crippen LogP contribution in [0.1, 0.15) is 12.8 Å². The minimum atomic E-state index is -0.349. The number of hydrogen-bond acceptors (Lipinski definition) is 6. The SMILES string of the molecule is COc1cccc(F)c1-c1cnc2oc(N3CCN4CCC3CC4)nc2c1. The summed E-state index contributed by atoms with van der Waals surface area (Å²) in [6.45, 7) is 4.21. The number of ether oxygens (including phenoxy) is 1. The van der Waals surface area contributed by atoms with E-state index in [9.17, 15) is 4.39 Å². The van der Waals surface area contributed by atoms with Gasteiger partial charge in [-0.3, -0.25) is 0 Å². The number of nitrogens with zero attached hydrogens (tertiary/aromatic N) is 4. The molecule has 0 radical (unpaired) electrons. The van der Waals surface area contributed by atoms with Gasteiger partial charge in [0, 0.05) is 44.0 Å². The smallest absolute Gasteiger partial charge is 0.300 e. The Morgan fingerprint density at radius 1 is 1.19 bits per heavy atom. The number of fused-ring (bicyclic) bond motifs is 5. The van der Waals surface area contributed by atoms with E-state index >= 15 is 0 Å². The number of oxazole rings is 1. The van der Waals surface area contributed by atoms with Crippen LogP contribution in [0.5, 0.6) is 5.75 Å². The fourth-order valence-corrected chi connectivity index (χ4v) is 4.16. The van der Waals surface area contributed by atoms with Gasteiger partial charge < -0.3 is 19.0 Å². The standard InChI is InChI=1S/C20H21FN4O2/c1-26-17-4-2-3-15(21)18(17)13-11-16-19(22-12-13)27-20(23-16)25-10-9-24-7-5-14(25)6-8-24/h2-4,11-12,14H,5-10H2,1H3. The molecule has 6 rings (SSSR count). The number of halogens is 1. The Morgan fingerprint density at radius 2 is 2.04 bits per heavy atom. The van der Waals surface area contributed by atoms with Gasteiger partial charge in [0.15, 0.2) is 0 Å². The molecule has 0 N–H and O–H groups in total. The van der Waals surface area contributed by atoms with E-state index in [4.69, 9.17) is 9.15 Å². The summed E-state index contributed by atoms with van der Waals surface area (Å²) >= 11 is 0. The highest BCUT2D eigenvalue weighted by molar-refractivity contribution is 5.80. The lowest BCUT2D eigenvalue weighted by Crippen LogP contribution is -2.38. The van der Waals surface area contributed by atoms with Crippen molar-refractivity contribution in [3.8, 4) is 16.9 Å². The van der Waals surface area contributed by atoms with Gasteiger partial charge >= 0.3 is 0 Å². The lowest BCUT2D eigenvalue weighted by Gasteiger charge is -2.30. The van der Waals surface area contributed by atoms with Crippen LogP contribution in [0.2, 0.25) is 0 Å². The van der Waals surface area contributed by atoms with Crippen LogP contribution in [0, 0.1) is 5.82 Å². The van der Waals surface area contributed by atoms with Crippen molar-refractivity contribution in [2.75, 3.05) is 38.2 Å². The molecular weight excluding hydrogens is 347 g/mol. The molecule has 0 spiro atoms. The van der Waals surface area contributed by atoms with Crippen LogP contribution in [-0.2, 0) is 0 Å². The molecule has 0 saturated carbocycles. The van der Waals surface area contributed by atoms with Crippen molar-refractivity contribution in [2.24, 2.45) is 0 Å². The summed E-state index contributed by atoms with van der Waals surface area (Å²) in [5, 5.41) is 0. The number of methoxy groups -OCH3 is 1. The van der Waals surface area contributed by atoms with Gasteiger partial charge in [-0.05, 0) is 31.0 Å². The Morgan fingerprint density at radius 3 is 2.85 bits per heavy atom. The zero-order chi connectivity index (χ0) is 18.4. The minimum absolute atomic E-state index is 0.349. The first-order valence-electron chi connectivity index (χ1n) is 9.31. The Kier molecular flexibility index (Phi) is 3.97. The molecule has 3 aliphatic rings. The molecular formula is C20H21FN4O2. The summed E-state index contributed by atoms with van der Waals surface area (Å²) < 4.78 is 25.7. The van der Waals surface area contributed by atoms with E-state index in [0.29, 0.717) is 40.2 Å². The van der Waals surface area contributed by atoms with Crippen molar-refractivity contribution in [3.63, 3.8) is 0 Å². The number of anilines is 1. The summed E-state index contributed by atoms with van der Waals surface area (Å²) in [5.74, 6) is 0.121. The van der Waals surface area contributed by atoms with E-state index < -0.39 is 0 Å². The van der Waals surface area contributed by atoms with Gasteiger partial charge in [0.2, 0.25) is 5.71 Å². The second-order valence-corrected chi connectivity index (χ2v) is 7.13. The van der Waals surface area contributed by atoms with Crippen LogP contribution >= 0.6 is 0 Å². The molecule has 3 aromatic rings. The lowest BCUT2D eigenvalue weighted by molar-refractivity contribution is 0.249. The third kappa shape index (κ3) is 2.82. The van der Waals surface area contributed by atoms with E-state index in [-0.39, 0.29) is 5.82 Å². The van der Waals surface area contributed by atoms with Gasteiger partial charge in [-0.1, -0.05) is 6.07 Å². The predicted octanol–water partition coefficient (Wildman–Crippen LogP) is 3.32. The first kappa shape index (κ1) is 16.5. The minimum Gasteiger partial charge on any atom is -0.496 e. The molecule has 3 fully saturated rings. The van der Waals surface area contributed by atoms with E-state index in [1.54, 1.807) is 18.3 Å². The van der Waals surface area contributed by atoms with Gasteiger partial charge in [0.1, 0.15) is 17.1 Å². The molecule has 0 unspecified atom stereocenters. The highest BCUT2D eigenvalue weighted by Crippen LogP contribution is 2.34. The molecule has 2 bridgehead atoms. The maximum Gasteiger partial charge on any atom is 0.300 e. The van der Waals surface area contributed by atoms with Crippen LogP contribution < -0.4 is 9.64 Å². The Bertz CT molecular complexity index is 981. The number of hydrogen-bond donors (Lipinski definition) is 0. The number of rotatable bonds is 3. The number of benzene rings is 1. The second-order valence-electron chi connectivity index (χ2n) is 7.13. The Labute approximate surface area is 156 Å². The van der Waals surface area contributed by atoms with E-state index in [2.05, 4.69) is 19.8 Å². The third-order valence-corrected chi connectivity index (χ3v) is 5.62. The Balaban J connectivity index is 1.54. The lowest BCUT2D eigenvalue weighted by atomic mass is 10.1. The van der Waals surface area contributed by atoms with Crippen LogP contribution in [0.4, 0.5) is 10.4 Å². The molecule has 0 atom stereocenters. The molecule has 2 aromatic heterocycles. The number of piperidine rings is 1. The van der Waals surface area contributed by atoms with Crippen molar-refractivity contribution in [1.82, 2.24) is 14.9 Å². The highest BCUT2D eigenvalue weighted by atomic mass is 19.1. The summed E-state index contributed by atoms with van der Waals surface area (Å²) in [7, 11) is 1.53. The predicted molar refractivity (Wildman–Crippen MR) is 101 cm³/mol. The van der Waals surface area contributed by atoms with Crippen molar-refractivity contribution in [3.05, 3.63) is 36.3 Å². The molecule has 1 aromatic carbocycles. The Hall–Kier alpha value is -2.67. The van der Waals surface area contributed by atoms with E-state index in [0.717, 1.165) is 39.0 Å². The van der Waals surface area contributed by atoms with Crippen LogP contribution in [0.15, 0.2) is 34.9 Å². The third-order valence-electron chi connectivity index (χ3n) is 5.62. The van der Waals surface area contributed by atoms with Crippen molar-refractivity contribution in [2.45, 2.75) is 18.9 Å². The number of aromatic nitrogens is 2. The average molecular weight is 368 g/mol. The molecule has 5 heterocycles. The quantitative estimate of drug-likeness (QED) is 0.707. The van der Waals surface area contributed by atoms with Gasteiger partial charge in [-0.25, -0.2) is 9.37 Å². The molecule has 7 heteroatoms. The molecule has 3 aliphatic heterocycles. The first-order valence-corrected chi connectivity index (χ1v) is 9.31. The zero-order valence-electron chi connectivity index (χ0n) is 15.2. The monoisotopic (exact) mass is 368 g/mol. The second kappa shape index (κ2) is 6.49. The van der Waals surface area contributed by atoms with Crippen LogP contribution in [0.25, 0.3) is 22.4 Å². The topological polar surface area (TPSA) is 54.6 Å². The van der Waals surface area contributed by atoms with Crippen molar-refractivity contribution >= 4 is 17.2 Å². The molecule has 0 aliphatic carbocycles. The maximum absolute atomic E-state index is 14.4.